The molecule has 0 fully saturated rings. The Morgan fingerprint density at radius 3 is 2.69 bits per heavy atom. The second-order valence-electron chi connectivity index (χ2n) is 2.65. The van der Waals surface area contributed by atoms with Crippen LogP contribution in [0.4, 0.5) is 4.79 Å². The van der Waals surface area contributed by atoms with Crippen molar-refractivity contribution in [1.82, 2.24) is 5.32 Å². The third-order valence-corrected chi connectivity index (χ3v) is 1.40. The second-order valence-corrected chi connectivity index (χ2v) is 2.65. The van der Waals surface area contributed by atoms with Gasteiger partial charge in [-0.25, -0.2) is 4.79 Å². The van der Waals surface area contributed by atoms with Crippen molar-refractivity contribution in [1.29, 1.82) is 0 Å². The third kappa shape index (κ3) is 12.5. The summed E-state index contributed by atoms with van der Waals surface area (Å²) in [5.41, 5.74) is 6.11. The molecule has 0 aliphatic rings. The van der Waals surface area contributed by atoms with E-state index in [1.54, 1.807) is 6.92 Å². The van der Waals surface area contributed by atoms with Crippen LogP contribution in [-0.2, 0) is 4.74 Å². The van der Waals surface area contributed by atoms with Crippen molar-refractivity contribution in [2.45, 2.75) is 27.2 Å². The van der Waals surface area contributed by atoms with Crippen molar-refractivity contribution in [3.05, 3.63) is 12.2 Å². The zero-order valence-corrected chi connectivity index (χ0v) is 10.4. The first-order chi connectivity index (χ1) is 7.70. The van der Waals surface area contributed by atoms with E-state index in [1.807, 2.05) is 13.8 Å². The van der Waals surface area contributed by atoms with E-state index in [1.165, 1.54) is 0 Å². The summed E-state index contributed by atoms with van der Waals surface area (Å²) in [5, 5.41) is 2.47. The summed E-state index contributed by atoms with van der Waals surface area (Å²) in [5.74, 6) is 5.34. The molecule has 4 heteroatoms. The summed E-state index contributed by atoms with van der Waals surface area (Å²) in [6.45, 7) is 10.4. The number of nitrogens with two attached hydrogens (primary N) is 1. The average Bonchev–Trinajstić information content (AvgIpc) is 2.30. The molecular weight excluding hydrogens is 204 g/mol. The fraction of sp³-hybridized carbons (Fsp3) is 0.583. The van der Waals surface area contributed by atoms with Crippen LogP contribution in [0.2, 0.25) is 0 Å². The Kier molecular flexibility index (Phi) is 14.3. The van der Waals surface area contributed by atoms with Gasteiger partial charge < -0.3 is 15.8 Å². The summed E-state index contributed by atoms with van der Waals surface area (Å²) in [7, 11) is 0. The lowest BCUT2D eigenvalue weighted by Crippen LogP contribution is -2.25. The summed E-state index contributed by atoms with van der Waals surface area (Å²) in [6, 6.07) is 0. The largest absolute Gasteiger partial charge is 0.445 e. The molecule has 0 aliphatic carbocycles. The quantitative estimate of drug-likeness (QED) is 0.562. The number of hydrogen-bond acceptors (Lipinski definition) is 3. The second kappa shape index (κ2) is 13.5. The number of amides is 1. The molecule has 0 aromatic heterocycles. The Morgan fingerprint density at radius 1 is 1.56 bits per heavy atom. The Balaban J connectivity index is -0.000000232. The Labute approximate surface area is 101 Å². The highest BCUT2D eigenvalue weighted by atomic mass is 16.5. The van der Waals surface area contributed by atoms with E-state index in [9.17, 15) is 4.79 Å². The van der Waals surface area contributed by atoms with Gasteiger partial charge in [-0.15, -0.1) is 5.92 Å². The van der Waals surface area contributed by atoms with Gasteiger partial charge in [0, 0.05) is 2.85 Å². The van der Waals surface area contributed by atoms with Crippen molar-refractivity contribution < 1.29 is 12.4 Å². The predicted octanol–water partition coefficient (Wildman–Crippen LogP) is 2.16. The molecule has 0 spiro atoms. The molecule has 0 radical (unpaired) electrons. The molecule has 3 N–H and O–H groups in total. The summed E-state index contributed by atoms with van der Waals surface area (Å²) in [4.78, 5) is 11.0. The molecule has 0 saturated carbocycles. The highest BCUT2D eigenvalue weighted by Crippen LogP contribution is 1.96. The lowest BCUT2D eigenvalue weighted by Gasteiger charge is -2.06. The van der Waals surface area contributed by atoms with Gasteiger partial charge >= 0.3 is 6.09 Å². The van der Waals surface area contributed by atoms with Crippen LogP contribution in [0.15, 0.2) is 12.2 Å². The normalized spacial score (nSPS) is 7.75. The molecule has 0 heterocycles. The van der Waals surface area contributed by atoms with Gasteiger partial charge in [0.2, 0.25) is 0 Å². The zero-order valence-electron chi connectivity index (χ0n) is 10.4. The van der Waals surface area contributed by atoms with Crippen LogP contribution < -0.4 is 11.1 Å². The third-order valence-electron chi connectivity index (χ3n) is 1.40. The van der Waals surface area contributed by atoms with Crippen LogP contribution in [0.3, 0.4) is 0 Å². The van der Waals surface area contributed by atoms with Crippen LogP contribution >= 0.6 is 0 Å². The van der Waals surface area contributed by atoms with Crippen LogP contribution in [0, 0.1) is 11.8 Å². The minimum absolute atomic E-state index is 0. The lowest BCUT2D eigenvalue weighted by atomic mass is 10.2. The number of carbonyl (C=O) groups is 1. The first-order valence-corrected chi connectivity index (χ1v) is 5.37. The van der Waals surface area contributed by atoms with Crippen LogP contribution in [0.5, 0.6) is 0 Å². The topological polar surface area (TPSA) is 64.3 Å². The SMILES string of the molecule is C=C(CCN)COC(=O)NCC#CC.CC.[HH].[HH]. The number of ether oxygens (including phenoxy) is 1. The van der Waals surface area contributed by atoms with Crippen molar-refractivity contribution in [3.8, 4) is 11.8 Å². The smallest absolute Gasteiger partial charge is 0.408 e. The van der Waals surface area contributed by atoms with Gasteiger partial charge in [0.05, 0.1) is 6.54 Å². The highest BCUT2D eigenvalue weighted by Gasteiger charge is 2.00. The molecule has 0 saturated heterocycles. The molecule has 0 unspecified atom stereocenters. The molecule has 0 atom stereocenters. The molecule has 0 aromatic rings. The Bertz CT molecular complexity index is 261. The molecular formula is C12H26N2O2. The minimum Gasteiger partial charge on any atom is -0.445 e. The molecule has 0 rings (SSSR count). The summed E-state index contributed by atoms with van der Waals surface area (Å²) < 4.78 is 4.83. The maximum atomic E-state index is 11.0. The molecule has 0 aliphatic heterocycles. The van der Waals surface area contributed by atoms with E-state index in [0.717, 1.165) is 5.57 Å². The molecule has 4 nitrogen and oxygen atoms in total. The van der Waals surface area contributed by atoms with Gasteiger partial charge in [0.25, 0.3) is 0 Å². The fourth-order valence-corrected chi connectivity index (χ4v) is 0.700. The average molecular weight is 230 g/mol. The van der Waals surface area contributed by atoms with Gasteiger partial charge in [0.15, 0.2) is 0 Å². The summed E-state index contributed by atoms with van der Waals surface area (Å²) >= 11 is 0. The summed E-state index contributed by atoms with van der Waals surface area (Å²) in [6.07, 6.45) is 0.188. The van der Waals surface area contributed by atoms with Gasteiger partial charge in [0.1, 0.15) is 6.61 Å². The maximum absolute atomic E-state index is 11.0. The van der Waals surface area contributed by atoms with E-state index in [0.29, 0.717) is 19.5 Å². The van der Waals surface area contributed by atoms with Crippen molar-refractivity contribution in [2.24, 2.45) is 5.73 Å². The van der Waals surface area contributed by atoms with Crippen molar-refractivity contribution in [3.63, 3.8) is 0 Å². The van der Waals surface area contributed by atoms with Crippen LogP contribution in [0.1, 0.15) is 30.0 Å². The predicted molar refractivity (Wildman–Crippen MR) is 71.2 cm³/mol. The fourth-order valence-electron chi connectivity index (χ4n) is 0.700. The van der Waals surface area contributed by atoms with Gasteiger partial charge in [-0.2, -0.15) is 0 Å². The number of alkyl carbamates (subject to hydrolysis) is 1. The number of carbonyl (C=O) groups excluding carboxylic acids is 1. The van der Waals surface area contributed by atoms with E-state index in [2.05, 4.69) is 23.7 Å². The van der Waals surface area contributed by atoms with Crippen LogP contribution in [-0.4, -0.2) is 25.8 Å². The highest BCUT2D eigenvalue weighted by molar-refractivity contribution is 5.67. The van der Waals surface area contributed by atoms with E-state index >= 15 is 0 Å². The molecule has 96 valence electrons. The van der Waals surface area contributed by atoms with E-state index < -0.39 is 6.09 Å². The van der Waals surface area contributed by atoms with E-state index in [4.69, 9.17) is 10.5 Å². The molecule has 16 heavy (non-hydrogen) atoms. The number of hydrogen-bond donors (Lipinski definition) is 2. The number of nitrogens with one attached hydrogen (secondary N) is 1. The monoisotopic (exact) mass is 230 g/mol. The van der Waals surface area contributed by atoms with Gasteiger partial charge in [-0.05, 0) is 25.5 Å². The van der Waals surface area contributed by atoms with E-state index in [-0.39, 0.29) is 9.46 Å². The molecule has 0 bridgehead atoms. The standard InChI is InChI=1S/C10H16N2O2.C2H6.2H2/c1-3-4-7-12-10(13)14-8-9(2)5-6-11;1-2;;/h2,5-8,11H2,1H3,(H,12,13);1-2H3;2*1H. The van der Waals surface area contributed by atoms with Crippen molar-refractivity contribution >= 4 is 6.09 Å². The zero-order chi connectivity index (χ0) is 12.8. The van der Waals surface area contributed by atoms with Crippen LogP contribution in [0.25, 0.3) is 0 Å². The number of rotatable bonds is 5. The maximum Gasteiger partial charge on any atom is 0.408 e. The van der Waals surface area contributed by atoms with Crippen molar-refractivity contribution in [2.75, 3.05) is 19.7 Å². The Morgan fingerprint density at radius 2 is 2.19 bits per heavy atom. The first-order valence-electron chi connectivity index (χ1n) is 5.37. The minimum atomic E-state index is -0.481. The molecule has 0 aromatic carbocycles. The van der Waals surface area contributed by atoms with Gasteiger partial charge in [-0.3, -0.25) is 0 Å². The lowest BCUT2D eigenvalue weighted by molar-refractivity contribution is 0.156. The van der Waals surface area contributed by atoms with Gasteiger partial charge in [-0.1, -0.05) is 26.3 Å². The first kappa shape index (κ1) is 16.9. The Hall–Kier alpha value is -1.47. The molecule has 1 amide bonds.